The Kier molecular flexibility index (Phi) is 11.9. The lowest BCUT2D eigenvalue weighted by Gasteiger charge is -2.25. The molecule has 2 rings (SSSR count). The Morgan fingerprint density at radius 2 is 1.56 bits per heavy atom. The number of amides is 4. The van der Waals surface area contributed by atoms with Crippen molar-refractivity contribution in [2.24, 2.45) is 22.2 Å². The lowest BCUT2D eigenvalue weighted by Crippen LogP contribution is -2.56. The number of phenolic OH excluding ortho intramolecular Hbond substituents is 1. The molecule has 0 spiro atoms. The molecular formula is C26H37N7O6. The number of benzene rings is 1. The van der Waals surface area contributed by atoms with Crippen molar-refractivity contribution in [1.29, 1.82) is 0 Å². The lowest BCUT2D eigenvalue weighted by atomic mass is 9.93. The van der Waals surface area contributed by atoms with E-state index in [4.69, 9.17) is 17.2 Å². The van der Waals surface area contributed by atoms with Crippen molar-refractivity contribution in [3.05, 3.63) is 41.5 Å². The number of carbonyl (C=O) groups is 5. The van der Waals surface area contributed by atoms with Crippen LogP contribution in [0.5, 0.6) is 5.75 Å². The van der Waals surface area contributed by atoms with Gasteiger partial charge in [-0.1, -0.05) is 23.8 Å². The van der Waals surface area contributed by atoms with Crippen LogP contribution in [0.25, 0.3) is 0 Å². The SMILES string of the molecule is CC(=O)NC(Cc1ccc(O)cc1)C(=O)NC(CCCN=C(N)N)C(=O)NC(CC1=CCC(=O)CC1)C(N)=O. The number of carbonyl (C=O) groups excluding carboxylic acids is 5. The zero-order chi connectivity index (χ0) is 28.9. The average molecular weight is 544 g/mol. The minimum absolute atomic E-state index is 0.0522. The molecule has 3 atom stereocenters. The number of phenols is 1. The summed E-state index contributed by atoms with van der Waals surface area (Å²) < 4.78 is 0. The topological polar surface area (TPSA) is 232 Å². The van der Waals surface area contributed by atoms with E-state index in [1.807, 2.05) is 0 Å². The molecule has 0 radical (unpaired) electrons. The van der Waals surface area contributed by atoms with Crippen molar-refractivity contribution >= 4 is 35.4 Å². The van der Waals surface area contributed by atoms with Gasteiger partial charge in [-0.05, 0) is 43.4 Å². The Hall–Kier alpha value is -4.42. The number of guanidine groups is 1. The first kappa shape index (κ1) is 30.8. The van der Waals surface area contributed by atoms with Gasteiger partial charge in [0, 0.05) is 32.7 Å². The largest absolute Gasteiger partial charge is 0.508 e. The Bertz CT molecular complexity index is 1110. The third-order valence-electron chi connectivity index (χ3n) is 6.12. The molecule has 1 aliphatic carbocycles. The molecule has 0 aliphatic heterocycles. The molecule has 212 valence electrons. The van der Waals surface area contributed by atoms with Crippen LogP contribution in [0.2, 0.25) is 0 Å². The van der Waals surface area contributed by atoms with E-state index < -0.39 is 41.8 Å². The van der Waals surface area contributed by atoms with E-state index >= 15 is 0 Å². The summed E-state index contributed by atoms with van der Waals surface area (Å²) in [6.07, 6.45) is 3.56. The van der Waals surface area contributed by atoms with Crippen LogP contribution in [0.15, 0.2) is 40.9 Å². The van der Waals surface area contributed by atoms with Crippen LogP contribution < -0.4 is 33.2 Å². The van der Waals surface area contributed by atoms with Crippen LogP contribution in [0.3, 0.4) is 0 Å². The number of nitrogens with two attached hydrogens (primary N) is 3. The van der Waals surface area contributed by atoms with Gasteiger partial charge in [0.2, 0.25) is 23.6 Å². The summed E-state index contributed by atoms with van der Waals surface area (Å²) in [5.74, 6) is -2.43. The number of nitrogens with one attached hydrogen (secondary N) is 3. The molecule has 10 N–H and O–H groups in total. The fraction of sp³-hybridized carbons (Fsp3) is 0.462. The van der Waals surface area contributed by atoms with Crippen LogP contribution in [0.4, 0.5) is 0 Å². The Morgan fingerprint density at radius 1 is 0.923 bits per heavy atom. The number of hydrogen-bond donors (Lipinski definition) is 7. The molecule has 0 bridgehead atoms. The van der Waals surface area contributed by atoms with E-state index in [9.17, 15) is 29.1 Å². The van der Waals surface area contributed by atoms with Crippen LogP contribution in [-0.4, -0.2) is 65.1 Å². The normalized spacial score (nSPS) is 15.2. The molecule has 13 heteroatoms. The maximum atomic E-state index is 13.2. The van der Waals surface area contributed by atoms with Gasteiger partial charge in [-0.25, -0.2) is 0 Å². The smallest absolute Gasteiger partial charge is 0.243 e. The molecule has 0 fully saturated rings. The van der Waals surface area contributed by atoms with E-state index in [1.54, 1.807) is 18.2 Å². The van der Waals surface area contributed by atoms with Gasteiger partial charge >= 0.3 is 0 Å². The second-order valence-corrected chi connectivity index (χ2v) is 9.41. The minimum atomic E-state index is -1.09. The van der Waals surface area contributed by atoms with Crippen LogP contribution in [0, 0.1) is 0 Å². The summed E-state index contributed by atoms with van der Waals surface area (Å²) in [6.45, 7) is 1.46. The van der Waals surface area contributed by atoms with Crippen molar-refractivity contribution < 1.29 is 29.1 Å². The van der Waals surface area contributed by atoms with Crippen molar-refractivity contribution in [2.75, 3.05) is 6.54 Å². The third kappa shape index (κ3) is 11.2. The zero-order valence-electron chi connectivity index (χ0n) is 21.9. The van der Waals surface area contributed by atoms with Crippen molar-refractivity contribution in [3.8, 4) is 5.75 Å². The van der Waals surface area contributed by atoms with E-state index in [0.717, 1.165) is 5.57 Å². The Morgan fingerprint density at radius 3 is 2.13 bits per heavy atom. The number of allylic oxidation sites excluding steroid dienone is 1. The summed E-state index contributed by atoms with van der Waals surface area (Å²) in [5.41, 5.74) is 17.8. The van der Waals surface area contributed by atoms with Crippen LogP contribution >= 0.6 is 0 Å². The highest BCUT2D eigenvalue weighted by Gasteiger charge is 2.29. The molecule has 13 nitrogen and oxygen atoms in total. The number of Topliss-reactive ketones (excluding diaryl/α,β-unsaturated/α-hetero) is 1. The Balaban J connectivity index is 2.18. The molecule has 0 saturated carbocycles. The minimum Gasteiger partial charge on any atom is -0.508 e. The molecule has 0 saturated heterocycles. The second-order valence-electron chi connectivity index (χ2n) is 9.41. The fourth-order valence-corrected chi connectivity index (χ4v) is 4.07. The Labute approximate surface area is 226 Å². The third-order valence-corrected chi connectivity index (χ3v) is 6.12. The number of aromatic hydroxyl groups is 1. The molecule has 3 unspecified atom stereocenters. The number of ketones is 1. The lowest BCUT2D eigenvalue weighted by molar-refractivity contribution is -0.133. The first-order valence-corrected chi connectivity index (χ1v) is 12.6. The van der Waals surface area contributed by atoms with Gasteiger partial charge in [-0.2, -0.15) is 0 Å². The summed E-state index contributed by atoms with van der Waals surface area (Å²) in [7, 11) is 0. The first-order chi connectivity index (χ1) is 18.4. The molecule has 1 aliphatic rings. The van der Waals surface area contributed by atoms with Gasteiger partial charge in [0.1, 0.15) is 29.7 Å². The molecule has 0 aromatic heterocycles. The molecule has 1 aromatic rings. The van der Waals surface area contributed by atoms with Gasteiger partial charge in [-0.15, -0.1) is 0 Å². The summed E-state index contributed by atoms with van der Waals surface area (Å²) in [4.78, 5) is 65.8. The summed E-state index contributed by atoms with van der Waals surface area (Å²) >= 11 is 0. The molecule has 1 aromatic carbocycles. The summed E-state index contributed by atoms with van der Waals surface area (Å²) in [5, 5.41) is 17.4. The maximum Gasteiger partial charge on any atom is 0.243 e. The fourth-order valence-electron chi connectivity index (χ4n) is 4.07. The zero-order valence-corrected chi connectivity index (χ0v) is 21.9. The second kappa shape index (κ2) is 15.1. The average Bonchev–Trinajstić information content (AvgIpc) is 2.86. The predicted octanol–water partition coefficient (Wildman–Crippen LogP) is -0.983. The van der Waals surface area contributed by atoms with Crippen LogP contribution in [0.1, 0.15) is 51.0 Å². The van der Waals surface area contributed by atoms with E-state index in [2.05, 4.69) is 20.9 Å². The predicted molar refractivity (Wildman–Crippen MR) is 144 cm³/mol. The first-order valence-electron chi connectivity index (χ1n) is 12.6. The molecule has 0 heterocycles. The molecule has 4 amide bonds. The number of hydrogen-bond acceptors (Lipinski definition) is 7. The van der Waals surface area contributed by atoms with Gasteiger partial charge in [0.05, 0.1) is 0 Å². The van der Waals surface area contributed by atoms with Gasteiger partial charge < -0.3 is 38.3 Å². The maximum absolute atomic E-state index is 13.2. The van der Waals surface area contributed by atoms with Gasteiger partial charge in [0.25, 0.3) is 0 Å². The standard InChI is InChI=1S/C26H37N7O6/c1-15(34)31-22(14-17-6-10-19(36)11-7-17)25(39)32-20(3-2-12-30-26(28)29)24(38)33-21(23(27)37)13-16-4-8-18(35)9-5-16/h4,6-7,10-11,20-22,36H,2-3,5,8-9,12-14H2,1H3,(H2,27,37)(H,31,34)(H,32,39)(H,33,38)(H4,28,29,30). The number of primary amides is 1. The quantitative estimate of drug-likeness (QED) is 0.0665. The number of aliphatic imine (C=N–C) groups is 1. The van der Waals surface area contributed by atoms with E-state index in [0.29, 0.717) is 24.8 Å². The highest BCUT2D eigenvalue weighted by atomic mass is 16.3. The van der Waals surface area contributed by atoms with Crippen molar-refractivity contribution in [1.82, 2.24) is 16.0 Å². The van der Waals surface area contributed by atoms with Crippen molar-refractivity contribution in [2.45, 2.75) is 70.0 Å². The van der Waals surface area contributed by atoms with Gasteiger partial charge in [0.15, 0.2) is 5.96 Å². The monoisotopic (exact) mass is 543 g/mol. The number of nitrogens with zero attached hydrogens (tertiary/aromatic N) is 1. The number of rotatable bonds is 14. The molecule has 39 heavy (non-hydrogen) atoms. The molecular weight excluding hydrogens is 506 g/mol. The van der Waals surface area contributed by atoms with Crippen LogP contribution in [-0.2, 0) is 30.4 Å². The van der Waals surface area contributed by atoms with Gasteiger partial charge in [-0.3, -0.25) is 29.0 Å². The van der Waals surface area contributed by atoms with E-state index in [1.165, 1.54) is 19.1 Å². The van der Waals surface area contributed by atoms with Crippen molar-refractivity contribution in [3.63, 3.8) is 0 Å². The highest BCUT2D eigenvalue weighted by Crippen LogP contribution is 2.20. The highest BCUT2D eigenvalue weighted by molar-refractivity contribution is 5.94. The van der Waals surface area contributed by atoms with E-state index in [-0.39, 0.29) is 49.7 Å². The summed E-state index contributed by atoms with van der Waals surface area (Å²) in [6, 6.07) is 2.99.